The van der Waals surface area contributed by atoms with Crippen molar-refractivity contribution in [3.63, 3.8) is 0 Å². The molecule has 7 nitrogen and oxygen atoms in total. The molecule has 0 aliphatic heterocycles. The molecule has 118 valence electrons. The molecule has 0 bridgehead atoms. The van der Waals surface area contributed by atoms with E-state index >= 15 is 0 Å². The van der Waals surface area contributed by atoms with E-state index in [1.165, 1.54) is 14.1 Å². The smallest absolute Gasteiger partial charge is 0.410 e. The molecule has 0 heterocycles. The number of hydrogen-bond acceptors (Lipinski definition) is 5. The van der Waals surface area contributed by atoms with Crippen LogP contribution in [0.3, 0.4) is 0 Å². The summed E-state index contributed by atoms with van der Waals surface area (Å²) in [6.07, 6.45) is 1.98. The largest absolute Gasteiger partial charge is 0.478 e. The zero-order valence-corrected chi connectivity index (χ0v) is 12.3. The molecule has 1 amide bonds. The summed E-state index contributed by atoms with van der Waals surface area (Å²) in [7, 11) is 2.95. The van der Waals surface area contributed by atoms with E-state index in [0.717, 1.165) is 24.2 Å². The van der Waals surface area contributed by atoms with Crippen molar-refractivity contribution in [1.82, 2.24) is 4.90 Å². The molecule has 2 rings (SSSR count). The number of hydrogen-bond donors (Lipinski definition) is 1. The van der Waals surface area contributed by atoms with Crippen molar-refractivity contribution < 1.29 is 29.0 Å². The van der Waals surface area contributed by atoms with E-state index in [2.05, 4.69) is 0 Å². The van der Waals surface area contributed by atoms with Crippen molar-refractivity contribution in [2.75, 3.05) is 14.1 Å². The normalized spacial score (nSPS) is 28.6. The van der Waals surface area contributed by atoms with Crippen molar-refractivity contribution in [2.45, 2.75) is 50.2 Å². The maximum absolute atomic E-state index is 11.9. The van der Waals surface area contributed by atoms with Gasteiger partial charge in [-0.15, -0.1) is 0 Å². The second-order valence-corrected chi connectivity index (χ2v) is 5.90. The molecule has 2 atom stereocenters. The minimum atomic E-state index is -1.76. The Morgan fingerprint density at radius 1 is 1.14 bits per heavy atom. The summed E-state index contributed by atoms with van der Waals surface area (Å²) in [4.78, 5) is 36.5. The van der Waals surface area contributed by atoms with Gasteiger partial charge in [0.25, 0.3) is 0 Å². The standard InChI is InChI=1S/C14H21NO6/c1-15(2)13(19)21-14(12(17)18)8-4-7-10(14)20-11(16)9-5-3-6-9/h9-10H,3-8H2,1-2H3,(H,17,18). The average Bonchev–Trinajstić information content (AvgIpc) is 2.70. The molecule has 2 unspecified atom stereocenters. The molecular weight excluding hydrogens is 278 g/mol. The van der Waals surface area contributed by atoms with Gasteiger partial charge in [-0.1, -0.05) is 6.42 Å². The fourth-order valence-electron chi connectivity index (χ4n) is 2.63. The molecule has 2 fully saturated rings. The molecule has 0 spiro atoms. The highest BCUT2D eigenvalue weighted by Crippen LogP contribution is 2.38. The molecule has 21 heavy (non-hydrogen) atoms. The highest BCUT2D eigenvalue weighted by molar-refractivity contribution is 5.83. The van der Waals surface area contributed by atoms with Crippen LogP contribution in [0, 0.1) is 5.92 Å². The Kier molecular flexibility index (Phi) is 4.39. The van der Waals surface area contributed by atoms with E-state index in [-0.39, 0.29) is 18.3 Å². The van der Waals surface area contributed by atoms with Crippen LogP contribution < -0.4 is 0 Å². The van der Waals surface area contributed by atoms with Crippen LogP contribution in [0.25, 0.3) is 0 Å². The fourth-order valence-corrected chi connectivity index (χ4v) is 2.63. The first kappa shape index (κ1) is 15.6. The topological polar surface area (TPSA) is 93.1 Å². The van der Waals surface area contributed by atoms with E-state index in [1.54, 1.807) is 0 Å². The number of aliphatic carboxylic acids is 1. The number of esters is 1. The van der Waals surface area contributed by atoms with Crippen LogP contribution in [0.2, 0.25) is 0 Å². The van der Waals surface area contributed by atoms with E-state index in [4.69, 9.17) is 9.47 Å². The van der Waals surface area contributed by atoms with Gasteiger partial charge in [-0.3, -0.25) is 4.79 Å². The van der Waals surface area contributed by atoms with Gasteiger partial charge in [-0.2, -0.15) is 0 Å². The van der Waals surface area contributed by atoms with Gasteiger partial charge in [0.1, 0.15) is 0 Å². The summed E-state index contributed by atoms with van der Waals surface area (Å²) >= 11 is 0. The van der Waals surface area contributed by atoms with Gasteiger partial charge < -0.3 is 19.5 Å². The third kappa shape index (κ3) is 2.96. The molecule has 2 aliphatic carbocycles. The molecule has 0 aromatic heterocycles. The van der Waals surface area contributed by atoms with Crippen LogP contribution in [0.4, 0.5) is 4.79 Å². The molecule has 0 aromatic rings. The third-order valence-corrected chi connectivity index (χ3v) is 4.23. The lowest BCUT2D eigenvalue weighted by molar-refractivity contribution is -0.183. The molecule has 2 saturated carbocycles. The molecular formula is C14H21NO6. The van der Waals surface area contributed by atoms with Crippen LogP contribution in [-0.4, -0.2) is 53.8 Å². The van der Waals surface area contributed by atoms with Gasteiger partial charge >= 0.3 is 18.0 Å². The average molecular weight is 299 g/mol. The van der Waals surface area contributed by atoms with Crippen molar-refractivity contribution in [3.8, 4) is 0 Å². The van der Waals surface area contributed by atoms with E-state index in [0.29, 0.717) is 12.8 Å². The number of carbonyl (C=O) groups is 3. The van der Waals surface area contributed by atoms with Gasteiger partial charge in [0.05, 0.1) is 5.92 Å². The number of carboxylic acid groups (broad SMARTS) is 1. The van der Waals surface area contributed by atoms with Crippen molar-refractivity contribution in [3.05, 3.63) is 0 Å². The third-order valence-electron chi connectivity index (χ3n) is 4.23. The molecule has 0 saturated heterocycles. The summed E-state index contributed by atoms with van der Waals surface area (Å²) in [5, 5.41) is 9.50. The molecule has 1 N–H and O–H groups in total. The monoisotopic (exact) mass is 299 g/mol. The Labute approximate surface area is 123 Å². The van der Waals surface area contributed by atoms with Gasteiger partial charge in [0, 0.05) is 20.5 Å². The van der Waals surface area contributed by atoms with Crippen molar-refractivity contribution in [2.24, 2.45) is 5.92 Å². The second-order valence-electron chi connectivity index (χ2n) is 5.90. The minimum Gasteiger partial charge on any atom is -0.478 e. The number of carboxylic acids is 1. The SMILES string of the molecule is CN(C)C(=O)OC1(C(=O)O)CCCC1OC(=O)C1CCC1. The van der Waals surface area contributed by atoms with Crippen LogP contribution in [0.5, 0.6) is 0 Å². The number of rotatable bonds is 4. The lowest BCUT2D eigenvalue weighted by Crippen LogP contribution is -2.53. The number of amides is 1. The first-order valence-corrected chi connectivity index (χ1v) is 7.21. The molecule has 2 aliphatic rings. The zero-order chi connectivity index (χ0) is 15.6. The van der Waals surface area contributed by atoms with E-state index in [9.17, 15) is 19.5 Å². The van der Waals surface area contributed by atoms with E-state index in [1.807, 2.05) is 0 Å². The van der Waals surface area contributed by atoms with Crippen molar-refractivity contribution in [1.29, 1.82) is 0 Å². The Hall–Kier alpha value is -1.79. The maximum atomic E-state index is 11.9. The van der Waals surface area contributed by atoms with Crippen LogP contribution in [0.15, 0.2) is 0 Å². The lowest BCUT2D eigenvalue weighted by Gasteiger charge is -2.33. The zero-order valence-electron chi connectivity index (χ0n) is 12.3. The van der Waals surface area contributed by atoms with Gasteiger partial charge in [0.2, 0.25) is 5.60 Å². The maximum Gasteiger partial charge on any atom is 0.410 e. The second kappa shape index (κ2) is 5.91. The Morgan fingerprint density at radius 3 is 2.29 bits per heavy atom. The number of carbonyl (C=O) groups excluding carboxylic acids is 2. The Balaban J connectivity index is 2.11. The van der Waals surface area contributed by atoms with Crippen molar-refractivity contribution >= 4 is 18.0 Å². The Morgan fingerprint density at radius 2 is 1.81 bits per heavy atom. The Bertz CT molecular complexity index is 445. The minimum absolute atomic E-state index is 0.137. The predicted molar refractivity (Wildman–Crippen MR) is 71.6 cm³/mol. The summed E-state index contributed by atoms with van der Waals surface area (Å²) in [5.74, 6) is -1.78. The van der Waals surface area contributed by atoms with E-state index < -0.39 is 23.8 Å². The lowest BCUT2D eigenvalue weighted by atomic mass is 9.85. The number of ether oxygens (including phenoxy) is 2. The summed E-state index contributed by atoms with van der Waals surface area (Å²) < 4.78 is 10.5. The highest BCUT2D eigenvalue weighted by atomic mass is 16.6. The van der Waals surface area contributed by atoms with Gasteiger partial charge in [0.15, 0.2) is 6.10 Å². The summed E-state index contributed by atoms with van der Waals surface area (Å²) in [5.41, 5.74) is -1.76. The first-order chi connectivity index (χ1) is 9.86. The van der Waals surface area contributed by atoms with Crippen LogP contribution >= 0.6 is 0 Å². The number of nitrogens with zero attached hydrogens (tertiary/aromatic N) is 1. The molecule has 0 aromatic carbocycles. The van der Waals surface area contributed by atoms with Crippen LogP contribution in [0.1, 0.15) is 38.5 Å². The first-order valence-electron chi connectivity index (χ1n) is 7.21. The van der Waals surface area contributed by atoms with Gasteiger partial charge in [-0.25, -0.2) is 9.59 Å². The highest BCUT2D eigenvalue weighted by Gasteiger charge is 2.56. The summed E-state index contributed by atoms with van der Waals surface area (Å²) in [6, 6.07) is 0. The van der Waals surface area contributed by atoms with Gasteiger partial charge in [-0.05, 0) is 25.7 Å². The molecule has 0 radical (unpaired) electrons. The quantitative estimate of drug-likeness (QED) is 0.789. The predicted octanol–water partition coefficient (Wildman–Crippen LogP) is 1.40. The summed E-state index contributed by atoms with van der Waals surface area (Å²) in [6.45, 7) is 0. The fraction of sp³-hybridized carbons (Fsp3) is 0.786. The molecule has 7 heteroatoms. The van der Waals surface area contributed by atoms with Crippen LogP contribution in [-0.2, 0) is 19.1 Å².